The molecule has 0 fully saturated rings. The first-order valence-electron chi connectivity index (χ1n) is 19.6. The number of hydrogen-bond donors (Lipinski definition) is 4. The summed E-state index contributed by atoms with van der Waals surface area (Å²) in [4.78, 5) is 0. The summed E-state index contributed by atoms with van der Waals surface area (Å²) in [5.41, 5.74) is 15.4. The summed E-state index contributed by atoms with van der Waals surface area (Å²) in [5.74, 6) is 6.21. The molecule has 1 heterocycles. The standard InChI is InChI=1S/C51H55N5/c1-6-9-13-22-37(4)38(5)33-47-46-32-31-42(40-23-14-10-15-24-40)35-48(46)56(49(47)36-53-44-28-18-12-19-29-44)45-30-20-27-43(34-45)50(39(8-3)21-7-2)54-51(55-52)41-25-16-11-17-26-41/h6-18,20-28,30,33-36,50-51,53-55H,4-5,19,29,31-32,52H2,1-3H3/b9-6-,21-7-,22-13-,39-8+,47-33-,49-36+. The van der Waals surface area contributed by atoms with Crippen LogP contribution in [-0.2, 0) is 6.42 Å². The zero-order chi connectivity index (χ0) is 39.3. The number of allylic oxidation sites excluding steroid dienone is 13. The minimum atomic E-state index is -0.283. The first kappa shape index (κ1) is 39.7. The van der Waals surface area contributed by atoms with Crippen LogP contribution < -0.4 is 32.5 Å². The number of nitrogens with zero attached hydrogens (tertiary/aromatic N) is 1. The second-order valence-corrected chi connectivity index (χ2v) is 14.1. The molecule has 0 aliphatic heterocycles. The molecule has 1 aromatic heterocycles. The highest BCUT2D eigenvalue weighted by Gasteiger charge is 2.24. The Bertz CT molecular complexity index is 2360. The Morgan fingerprint density at radius 2 is 1.59 bits per heavy atom. The maximum absolute atomic E-state index is 6.21. The average molecular weight is 738 g/mol. The van der Waals surface area contributed by atoms with Gasteiger partial charge in [-0.1, -0.05) is 141 Å². The van der Waals surface area contributed by atoms with Crippen molar-refractivity contribution in [2.24, 2.45) is 5.84 Å². The third-order valence-corrected chi connectivity index (χ3v) is 10.4. The van der Waals surface area contributed by atoms with E-state index in [-0.39, 0.29) is 12.2 Å². The first-order valence-corrected chi connectivity index (χ1v) is 19.6. The summed E-state index contributed by atoms with van der Waals surface area (Å²) in [7, 11) is 0. The Morgan fingerprint density at radius 3 is 2.29 bits per heavy atom. The fourth-order valence-corrected chi connectivity index (χ4v) is 7.42. The van der Waals surface area contributed by atoms with Crippen LogP contribution >= 0.6 is 0 Å². The minimum absolute atomic E-state index is 0.165. The summed E-state index contributed by atoms with van der Waals surface area (Å²) < 4.78 is 2.42. The molecule has 5 nitrogen and oxygen atoms in total. The van der Waals surface area contributed by atoms with Gasteiger partial charge in [-0.25, -0.2) is 5.43 Å². The zero-order valence-electron chi connectivity index (χ0n) is 33.0. The van der Waals surface area contributed by atoms with Gasteiger partial charge in [0.25, 0.3) is 0 Å². The predicted molar refractivity (Wildman–Crippen MR) is 239 cm³/mol. The van der Waals surface area contributed by atoms with Crippen LogP contribution in [0.5, 0.6) is 0 Å². The van der Waals surface area contributed by atoms with Crippen LogP contribution in [0, 0.1) is 0 Å². The Balaban J connectivity index is 1.60. The van der Waals surface area contributed by atoms with Gasteiger partial charge in [0.2, 0.25) is 0 Å². The molecule has 0 spiro atoms. The SMILES string of the molecule is C=C(/C=C\C=C/C)C(=C)/C=c1/c2c(n(-c3cccc(C(NC(NN)c4ccccc4)C(/C=C\C)=C/C)c3)/c1=C/NC1=CC=CCC1)C=C(c1ccccc1)CC2. The summed E-state index contributed by atoms with van der Waals surface area (Å²) in [6.45, 7) is 15.0. The zero-order valence-corrected chi connectivity index (χ0v) is 33.0. The van der Waals surface area contributed by atoms with Crippen LogP contribution in [-0.4, -0.2) is 4.57 Å². The third kappa shape index (κ3) is 9.45. The topological polar surface area (TPSA) is 67.0 Å². The van der Waals surface area contributed by atoms with Crippen molar-refractivity contribution < 1.29 is 0 Å². The number of benzene rings is 3. The van der Waals surface area contributed by atoms with E-state index in [1.54, 1.807) is 0 Å². The number of nitrogens with one attached hydrogen (secondary N) is 3. The van der Waals surface area contributed by atoms with Crippen molar-refractivity contribution >= 4 is 23.9 Å². The van der Waals surface area contributed by atoms with Gasteiger partial charge in [-0.05, 0) is 121 Å². The second-order valence-electron chi connectivity index (χ2n) is 14.1. The maximum Gasteiger partial charge on any atom is 0.0968 e. The average Bonchev–Trinajstić information content (AvgIpc) is 3.55. The van der Waals surface area contributed by atoms with Crippen molar-refractivity contribution in [1.29, 1.82) is 0 Å². The molecule has 284 valence electrons. The quantitative estimate of drug-likeness (QED) is 0.0425. The Hall–Kier alpha value is -5.98. The number of aromatic nitrogens is 1. The second kappa shape index (κ2) is 19.6. The molecule has 2 atom stereocenters. The molecule has 3 aromatic carbocycles. The van der Waals surface area contributed by atoms with Gasteiger partial charge in [0.05, 0.1) is 23.3 Å². The number of hydrazine groups is 1. The Morgan fingerprint density at radius 1 is 0.821 bits per heavy atom. The van der Waals surface area contributed by atoms with E-state index in [4.69, 9.17) is 5.84 Å². The van der Waals surface area contributed by atoms with Crippen LogP contribution in [0.4, 0.5) is 0 Å². The van der Waals surface area contributed by atoms with Gasteiger partial charge < -0.3 is 9.88 Å². The Labute approximate surface area is 333 Å². The largest absolute Gasteiger partial charge is 0.363 e. The van der Waals surface area contributed by atoms with Crippen molar-refractivity contribution in [3.63, 3.8) is 0 Å². The van der Waals surface area contributed by atoms with Gasteiger partial charge in [0.15, 0.2) is 0 Å². The van der Waals surface area contributed by atoms with Crippen LogP contribution in [0.15, 0.2) is 181 Å². The first-order chi connectivity index (χ1) is 27.4. The van der Waals surface area contributed by atoms with Gasteiger partial charge in [0.1, 0.15) is 0 Å². The van der Waals surface area contributed by atoms with Gasteiger partial charge >= 0.3 is 0 Å². The fraction of sp³-hybridized carbons (Fsp3) is 0.176. The van der Waals surface area contributed by atoms with Crippen LogP contribution in [0.25, 0.3) is 29.6 Å². The van der Waals surface area contributed by atoms with Gasteiger partial charge in [0, 0.05) is 22.8 Å². The molecule has 0 amide bonds. The summed E-state index contributed by atoms with van der Waals surface area (Å²) in [6, 6.07) is 29.7. The molecule has 2 unspecified atom stereocenters. The lowest BCUT2D eigenvalue weighted by atomic mass is 9.91. The van der Waals surface area contributed by atoms with E-state index in [1.165, 1.54) is 28.1 Å². The summed E-state index contributed by atoms with van der Waals surface area (Å²) >= 11 is 0. The van der Waals surface area contributed by atoms with Crippen LogP contribution in [0.1, 0.15) is 80.2 Å². The van der Waals surface area contributed by atoms with Crippen molar-refractivity contribution in [2.45, 2.75) is 58.7 Å². The van der Waals surface area contributed by atoms with E-state index >= 15 is 0 Å². The molecular weight excluding hydrogens is 683 g/mol. The lowest BCUT2D eigenvalue weighted by molar-refractivity contribution is 0.415. The summed E-state index contributed by atoms with van der Waals surface area (Å²) in [5, 5.41) is 9.76. The summed E-state index contributed by atoms with van der Waals surface area (Å²) in [6.07, 6.45) is 31.3. The highest BCUT2D eigenvalue weighted by atomic mass is 15.3. The van der Waals surface area contributed by atoms with Gasteiger partial charge in [-0.15, -0.1) is 0 Å². The fourth-order valence-electron chi connectivity index (χ4n) is 7.42. The molecule has 0 radical (unpaired) electrons. The number of rotatable bonds is 15. The van der Waals surface area contributed by atoms with E-state index in [2.05, 4.69) is 169 Å². The molecule has 2 aliphatic carbocycles. The molecular formula is C51H55N5. The molecule has 2 aliphatic rings. The molecule has 4 aromatic rings. The smallest absolute Gasteiger partial charge is 0.0968 e. The van der Waals surface area contributed by atoms with E-state index in [0.29, 0.717) is 0 Å². The molecule has 0 bridgehead atoms. The Kier molecular flexibility index (Phi) is 13.9. The molecule has 5 N–H and O–H groups in total. The van der Waals surface area contributed by atoms with E-state index in [0.717, 1.165) is 69.8 Å². The van der Waals surface area contributed by atoms with Crippen molar-refractivity contribution in [3.05, 3.63) is 220 Å². The molecule has 5 heteroatoms. The lowest BCUT2D eigenvalue weighted by Gasteiger charge is -2.28. The van der Waals surface area contributed by atoms with Crippen LogP contribution in [0.3, 0.4) is 0 Å². The predicted octanol–water partition coefficient (Wildman–Crippen LogP) is 9.87. The lowest BCUT2D eigenvalue weighted by Crippen LogP contribution is -2.40. The van der Waals surface area contributed by atoms with Crippen molar-refractivity contribution in [1.82, 2.24) is 20.6 Å². The third-order valence-electron chi connectivity index (χ3n) is 10.4. The normalized spacial score (nSPS) is 16.3. The monoisotopic (exact) mass is 737 g/mol. The molecule has 0 saturated heterocycles. The highest BCUT2D eigenvalue weighted by molar-refractivity contribution is 5.84. The molecule has 56 heavy (non-hydrogen) atoms. The van der Waals surface area contributed by atoms with Crippen LogP contribution in [0.2, 0.25) is 0 Å². The molecule has 0 saturated carbocycles. The van der Waals surface area contributed by atoms with E-state index in [1.807, 2.05) is 49.4 Å². The molecule has 6 rings (SSSR count). The number of fused-ring (bicyclic) bond motifs is 1. The van der Waals surface area contributed by atoms with Gasteiger partial charge in [-0.3, -0.25) is 11.2 Å². The maximum atomic E-state index is 6.21. The number of hydrogen-bond acceptors (Lipinski definition) is 4. The highest BCUT2D eigenvalue weighted by Crippen LogP contribution is 2.32. The number of nitrogens with two attached hydrogens (primary N) is 1. The minimum Gasteiger partial charge on any atom is -0.363 e. The van der Waals surface area contributed by atoms with Crippen molar-refractivity contribution in [2.75, 3.05) is 0 Å². The van der Waals surface area contributed by atoms with Crippen molar-refractivity contribution in [3.8, 4) is 5.69 Å². The van der Waals surface area contributed by atoms with Gasteiger partial charge in [-0.2, -0.15) is 0 Å². The van der Waals surface area contributed by atoms with E-state index in [9.17, 15) is 0 Å². The van der Waals surface area contributed by atoms with E-state index < -0.39 is 0 Å².